The van der Waals surface area contributed by atoms with Crippen LogP contribution in [0.3, 0.4) is 0 Å². The van der Waals surface area contributed by atoms with Gasteiger partial charge in [0.1, 0.15) is 9.84 Å². The lowest BCUT2D eigenvalue weighted by Gasteiger charge is -2.34. The Morgan fingerprint density at radius 2 is 1.92 bits per heavy atom. The monoisotopic (exact) mass is 491 g/mol. The zero-order valence-corrected chi connectivity index (χ0v) is 18.8. The van der Waals surface area contributed by atoms with Gasteiger partial charge in [0.15, 0.2) is 5.96 Å². The largest absolute Gasteiger partial charge is 0.385 e. The van der Waals surface area contributed by atoms with Crippen LogP contribution in [0.1, 0.15) is 32.6 Å². The highest BCUT2D eigenvalue weighted by molar-refractivity contribution is 14.0. The summed E-state index contributed by atoms with van der Waals surface area (Å²) in [7, 11) is -1.20. The number of ether oxygens (including phenoxy) is 2. The second-order valence-electron chi connectivity index (χ2n) is 6.12. The van der Waals surface area contributed by atoms with Gasteiger partial charge in [-0.2, -0.15) is 0 Å². The van der Waals surface area contributed by atoms with Gasteiger partial charge in [-0.15, -0.1) is 24.0 Å². The molecule has 7 nitrogen and oxygen atoms in total. The van der Waals surface area contributed by atoms with Crippen LogP contribution in [0.15, 0.2) is 4.99 Å². The van der Waals surface area contributed by atoms with Crippen LogP contribution in [0.2, 0.25) is 0 Å². The minimum atomic E-state index is -2.91. The Labute approximate surface area is 169 Å². The molecule has 0 spiro atoms. The van der Waals surface area contributed by atoms with Crippen molar-refractivity contribution in [3.63, 3.8) is 0 Å². The van der Waals surface area contributed by atoms with E-state index < -0.39 is 9.84 Å². The molecule has 1 rings (SSSR count). The molecule has 0 amide bonds. The van der Waals surface area contributed by atoms with Crippen molar-refractivity contribution in [2.24, 2.45) is 4.99 Å². The van der Waals surface area contributed by atoms with Crippen molar-refractivity contribution in [2.75, 3.05) is 58.5 Å². The van der Waals surface area contributed by atoms with Gasteiger partial charge in [0.2, 0.25) is 0 Å². The molecule has 1 heterocycles. The summed E-state index contributed by atoms with van der Waals surface area (Å²) in [5.74, 6) is 1.07. The van der Waals surface area contributed by atoms with Gasteiger partial charge in [0, 0.05) is 52.8 Å². The maximum atomic E-state index is 11.2. The number of hydrogen-bond acceptors (Lipinski definition) is 5. The van der Waals surface area contributed by atoms with Crippen LogP contribution >= 0.6 is 24.0 Å². The Bertz CT molecular complexity index is 466. The predicted molar refractivity (Wildman–Crippen MR) is 113 cm³/mol. The molecule has 0 aromatic rings. The summed E-state index contributed by atoms with van der Waals surface area (Å²) < 4.78 is 33.2. The molecule has 1 aliphatic rings. The lowest BCUT2D eigenvalue weighted by Crippen LogP contribution is -2.47. The second-order valence-corrected chi connectivity index (χ2v) is 8.38. The van der Waals surface area contributed by atoms with E-state index in [1.54, 1.807) is 7.11 Å². The number of sulfone groups is 1. The average Bonchev–Trinajstić information content (AvgIpc) is 2.54. The molecule has 0 bridgehead atoms. The summed E-state index contributed by atoms with van der Waals surface area (Å²) in [6.45, 7) is 6.68. The van der Waals surface area contributed by atoms with Crippen LogP contribution in [0, 0.1) is 0 Å². The summed E-state index contributed by atoms with van der Waals surface area (Å²) in [4.78, 5) is 6.80. The van der Waals surface area contributed by atoms with Crippen molar-refractivity contribution in [1.29, 1.82) is 0 Å². The molecule has 9 heteroatoms. The molecule has 0 radical (unpaired) electrons. The Kier molecular flexibility index (Phi) is 13.9. The zero-order chi connectivity index (χ0) is 17.8. The molecule has 0 unspecified atom stereocenters. The number of methoxy groups -OCH3 is 1. The van der Waals surface area contributed by atoms with E-state index in [0.29, 0.717) is 19.1 Å². The number of rotatable bonds is 10. The first-order valence-electron chi connectivity index (χ1n) is 8.77. The van der Waals surface area contributed by atoms with Crippen LogP contribution in [0.5, 0.6) is 0 Å². The van der Waals surface area contributed by atoms with E-state index in [1.807, 2.05) is 6.92 Å². The van der Waals surface area contributed by atoms with Crippen molar-refractivity contribution < 1.29 is 17.9 Å². The fourth-order valence-electron chi connectivity index (χ4n) is 2.63. The molecule has 0 saturated carbocycles. The maximum absolute atomic E-state index is 11.2. The Hall–Kier alpha value is -0.130. The molecule has 0 aromatic heterocycles. The van der Waals surface area contributed by atoms with Crippen LogP contribution in [-0.4, -0.2) is 83.9 Å². The Morgan fingerprint density at radius 3 is 2.48 bits per heavy atom. The number of likely N-dealkylation sites (tertiary alicyclic amines) is 1. The van der Waals surface area contributed by atoms with Crippen molar-refractivity contribution in [2.45, 2.75) is 38.7 Å². The zero-order valence-electron chi connectivity index (χ0n) is 15.7. The predicted octanol–water partition coefficient (Wildman–Crippen LogP) is 1.52. The van der Waals surface area contributed by atoms with E-state index in [2.05, 4.69) is 15.2 Å². The topological polar surface area (TPSA) is 80.2 Å². The van der Waals surface area contributed by atoms with Crippen LogP contribution < -0.4 is 5.32 Å². The number of nitrogens with one attached hydrogen (secondary N) is 1. The van der Waals surface area contributed by atoms with Gasteiger partial charge >= 0.3 is 0 Å². The van der Waals surface area contributed by atoms with Gasteiger partial charge in [-0.25, -0.2) is 8.42 Å². The van der Waals surface area contributed by atoms with Crippen LogP contribution in [-0.2, 0) is 19.3 Å². The molecule has 0 atom stereocenters. The molecule has 0 aromatic carbocycles. The molecule has 1 aliphatic heterocycles. The lowest BCUT2D eigenvalue weighted by molar-refractivity contribution is 0.00990. The van der Waals surface area contributed by atoms with E-state index in [4.69, 9.17) is 9.47 Å². The highest BCUT2D eigenvalue weighted by Gasteiger charge is 2.21. The molecule has 1 N–H and O–H groups in total. The molecule has 150 valence electrons. The SMILES string of the molecule is CCNC(=NCCCS(C)(=O)=O)N1CCC(OCCCOC)CC1.I. The highest BCUT2D eigenvalue weighted by Crippen LogP contribution is 2.14. The third kappa shape index (κ3) is 12.0. The third-order valence-corrected chi connectivity index (χ3v) is 4.89. The lowest BCUT2D eigenvalue weighted by atomic mass is 10.1. The van der Waals surface area contributed by atoms with Gasteiger partial charge in [-0.3, -0.25) is 4.99 Å². The van der Waals surface area contributed by atoms with Gasteiger partial charge < -0.3 is 19.7 Å². The van der Waals surface area contributed by atoms with Crippen molar-refractivity contribution in [1.82, 2.24) is 10.2 Å². The van der Waals surface area contributed by atoms with E-state index in [9.17, 15) is 8.42 Å². The first-order valence-corrected chi connectivity index (χ1v) is 10.8. The van der Waals surface area contributed by atoms with Crippen molar-refractivity contribution >= 4 is 39.8 Å². The summed E-state index contributed by atoms with van der Waals surface area (Å²) in [5.41, 5.74) is 0. The molecule has 25 heavy (non-hydrogen) atoms. The summed E-state index contributed by atoms with van der Waals surface area (Å²) in [6, 6.07) is 0. The quantitative estimate of drug-likeness (QED) is 0.216. The standard InChI is InChI=1S/C16H33N3O4S.HI/c1-4-17-16(18-9-5-14-24(3,20)21)19-10-7-15(8-11-19)23-13-6-12-22-2;/h15H,4-14H2,1-3H3,(H,17,18);1H. The van der Waals surface area contributed by atoms with Gasteiger partial charge in [-0.1, -0.05) is 0 Å². The maximum Gasteiger partial charge on any atom is 0.193 e. The second kappa shape index (κ2) is 14.0. The van der Waals surface area contributed by atoms with Crippen molar-refractivity contribution in [3.05, 3.63) is 0 Å². The average molecular weight is 491 g/mol. The fraction of sp³-hybridized carbons (Fsp3) is 0.938. The molecule has 0 aliphatic carbocycles. The van der Waals surface area contributed by atoms with E-state index in [1.165, 1.54) is 6.26 Å². The smallest absolute Gasteiger partial charge is 0.193 e. The minimum Gasteiger partial charge on any atom is -0.385 e. The summed E-state index contributed by atoms with van der Waals surface area (Å²) in [6.07, 6.45) is 5.04. The van der Waals surface area contributed by atoms with Crippen LogP contribution in [0.25, 0.3) is 0 Å². The first-order chi connectivity index (χ1) is 11.5. The van der Waals surface area contributed by atoms with E-state index >= 15 is 0 Å². The Balaban J connectivity index is 0.00000576. The molecule has 1 saturated heterocycles. The third-order valence-electron chi connectivity index (χ3n) is 3.86. The normalized spacial score (nSPS) is 16.6. The van der Waals surface area contributed by atoms with Gasteiger partial charge in [0.05, 0.1) is 11.9 Å². The molecular formula is C16H34IN3O4S. The van der Waals surface area contributed by atoms with Gasteiger partial charge in [-0.05, 0) is 32.6 Å². The van der Waals surface area contributed by atoms with Crippen LogP contribution in [0.4, 0.5) is 0 Å². The number of guanidine groups is 1. The first kappa shape index (κ1) is 24.9. The number of hydrogen-bond donors (Lipinski definition) is 1. The number of halogens is 1. The van der Waals surface area contributed by atoms with Crippen molar-refractivity contribution in [3.8, 4) is 0 Å². The highest BCUT2D eigenvalue weighted by atomic mass is 127. The minimum absolute atomic E-state index is 0. The van der Waals surface area contributed by atoms with E-state index in [-0.39, 0.29) is 29.7 Å². The summed E-state index contributed by atoms with van der Waals surface area (Å²) >= 11 is 0. The number of aliphatic imine (C=N–C) groups is 1. The molecular weight excluding hydrogens is 457 g/mol. The molecule has 1 fully saturated rings. The number of piperidine rings is 1. The summed E-state index contributed by atoms with van der Waals surface area (Å²) in [5, 5.41) is 3.29. The van der Waals surface area contributed by atoms with E-state index in [0.717, 1.165) is 58.1 Å². The number of nitrogens with zero attached hydrogens (tertiary/aromatic N) is 2. The van der Waals surface area contributed by atoms with Gasteiger partial charge in [0.25, 0.3) is 0 Å². The fourth-order valence-corrected chi connectivity index (χ4v) is 3.28. The Morgan fingerprint density at radius 1 is 1.24 bits per heavy atom.